The summed E-state index contributed by atoms with van der Waals surface area (Å²) >= 11 is 0. The van der Waals surface area contributed by atoms with Crippen molar-refractivity contribution >= 4 is 0 Å². The van der Waals surface area contributed by atoms with Crippen molar-refractivity contribution in [3.8, 4) is 0 Å². The van der Waals surface area contributed by atoms with Gasteiger partial charge < -0.3 is 5.32 Å². The Bertz CT molecular complexity index is 409. The molecule has 0 spiro atoms. The quantitative estimate of drug-likeness (QED) is 0.895. The summed E-state index contributed by atoms with van der Waals surface area (Å²) in [5, 5.41) is 3.70. The Morgan fingerprint density at radius 1 is 1.21 bits per heavy atom. The van der Waals surface area contributed by atoms with Crippen molar-refractivity contribution in [2.24, 2.45) is 5.92 Å². The lowest BCUT2D eigenvalue weighted by molar-refractivity contribution is 0.0630. The predicted molar refractivity (Wildman–Crippen MR) is 80.2 cm³/mol. The molecule has 19 heavy (non-hydrogen) atoms. The van der Waals surface area contributed by atoms with Gasteiger partial charge in [-0.05, 0) is 38.2 Å². The lowest BCUT2D eigenvalue weighted by atomic mass is 9.83. The minimum atomic E-state index is 0.245. The molecule has 1 unspecified atom stereocenters. The zero-order chi connectivity index (χ0) is 13.3. The lowest BCUT2D eigenvalue weighted by Crippen LogP contribution is -2.59. The van der Waals surface area contributed by atoms with Gasteiger partial charge in [0.1, 0.15) is 0 Å². The molecule has 0 radical (unpaired) electrons. The van der Waals surface area contributed by atoms with E-state index in [-0.39, 0.29) is 5.54 Å². The second-order valence-corrected chi connectivity index (χ2v) is 6.92. The van der Waals surface area contributed by atoms with Gasteiger partial charge in [-0.3, -0.25) is 4.90 Å². The number of benzene rings is 1. The van der Waals surface area contributed by atoms with Crippen LogP contribution >= 0.6 is 0 Å². The van der Waals surface area contributed by atoms with Crippen molar-refractivity contribution < 1.29 is 0 Å². The predicted octanol–water partition coefficient (Wildman–Crippen LogP) is 3.21. The zero-order valence-electron chi connectivity index (χ0n) is 12.2. The first-order chi connectivity index (χ1) is 9.14. The molecule has 1 heterocycles. The Morgan fingerprint density at radius 3 is 2.58 bits per heavy atom. The smallest absolute Gasteiger partial charge is 0.0473 e. The van der Waals surface area contributed by atoms with E-state index in [1.165, 1.54) is 31.4 Å². The largest absolute Gasteiger partial charge is 0.309 e. The third-order valence-electron chi connectivity index (χ3n) is 4.71. The third-order valence-corrected chi connectivity index (χ3v) is 4.71. The Labute approximate surface area is 117 Å². The Hall–Kier alpha value is -0.860. The van der Waals surface area contributed by atoms with E-state index in [1.54, 1.807) is 0 Å². The molecule has 2 nitrogen and oxygen atoms in total. The first kappa shape index (κ1) is 13.1. The molecule has 0 amide bonds. The summed E-state index contributed by atoms with van der Waals surface area (Å²) in [5.41, 5.74) is 1.71. The summed E-state index contributed by atoms with van der Waals surface area (Å²) in [4.78, 5) is 2.72. The molecule has 1 aliphatic carbocycles. The number of rotatable bonds is 3. The zero-order valence-corrected chi connectivity index (χ0v) is 12.2. The van der Waals surface area contributed by atoms with Crippen molar-refractivity contribution in [3.63, 3.8) is 0 Å². The van der Waals surface area contributed by atoms with Gasteiger partial charge in [0.05, 0.1) is 0 Å². The van der Waals surface area contributed by atoms with E-state index in [0.717, 1.165) is 19.0 Å². The minimum absolute atomic E-state index is 0.245. The van der Waals surface area contributed by atoms with Gasteiger partial charge in [-0.25, -0.2) is 0 Å². The van der Waals surface area contributed by atoms with Gasteiger partial charge >= 0.3 is 0 Å². The van der Waals surface area contributed by atoms with E-state index < -0.39 is 0 Å². The highest BCUT2D eigenvalue weighted by Crippen LogP contribution is 2.33. The van der Waals surface area contributed by atoms with E-state index in [4.69, 9.17) is 0 Å². The molecule has 3 rings (SSSR count). The lowest BCUT2D eigenvalue weighted by Gasteiger charge is -2.47. The van der Waals surface area contributed by atoms with Crippen LogP contribution in [0.4, 0.5) is 0 Å². The molecule has 2 fully saturated rings. The third kappa shape index (κ3) is 3.01. The first-order valence-electron chi connectivity index (χ1n) is 7.68. The average molecular weight is 258 g/mol. The van der Waals surface area contributed by atoms with Crippen molar-refractivity contribution in [1.82, 2.24) is 10.2 Å². The van der Waals surface area contributed by atoms with Crippen LogP contribution in [0.5, 0.6) is 0 Å². The monoisotopic (exact) mass is 258 g/mol. The average Bonchev–Trinajstić information content (AvgIpc) is 2.34. The molecule has 1 aliphatic heterocycles. The maximum absolute atomic E-state index is 3.70. The van der Waals surface area contributed by atoms with Crippen LogP contribution in [-0.4, -0.2) is 30.1 Å². The molecule has 1 atom stereocenters. The molecule has 1 saturated heterocycles. The maximum Gasteiger partial charge on any atom is 0.0473 e. The Kier molecular flexibility index (Phi) is 3.64. The summed E-state index contributed by atoms with van der Waals surface area (Å²) in [6.07, 6.45) is 4.31. The molecule has 1 saturated carbocycles. The van der Waals surface area contributed by atoms with E-state index >= 15 is 0 Å². The fraction of sp³-hybridized carbons (Fsp3) is 0.647. The SMILES string of the molecule is CC1(C)CN(CC2CCC2)C(c2ccccc2)CN1. The van der Waals surface area contributed by atoms with E-state index in [0.29, 0.717) is 6.04 Å². The fourth-order valence-electron chi connectivity index (χ4n) is 3.38. The molecule has 104 valence electrons. The highest BCUT2D eigenvalue weighted by atomic mass is 15.2. The van der Waals surface area contributed by atoms with E-state index in [1.807, 2.05) is 0 Å². The molecule has 1 aromatic carbocycles. The summed E-state index contributed by atoms with van der Waals surface area (Å²) in [7, 11) is 0. The van der Waals surface area contributed by atoms with Gasteiger partial charge in [-0.1, -0.05) is 36.8 Å². The van der Waals surface area contributed by atoms with Crippen LogP contribution in [0.3, 0.4) is 0 Å². The first-order valence-corrected chi connectivity index (χ1v) is 7.68. The summed E-state index contributed by atoms with van der Waals surface area (Å²) in [6.45, 7) is 8.15. The molecular formula is C17H26N2. The highest BCUT2D eigenvalue weighted by molar-refractivity contribution is 5.20. The molecule has 0 aromatic heterocycles. The Balaban J connectivity index is 1.76. The van der Waals surface area contributed by atoms with Gasteiger partial charge in [0.2, 0.25) is 0 Å². The topological polar surface area (TPSA) is 15.3 Å². The molecular weight excluding hydrogens is 232 g/mol. The van der Waals surface area contributed by atoms with E-state index in [2.05, 4.69) is 54.4 Å². The fourth-order valence-corrected chi connectivity index (χ4v) is 3.38. The number of hydrogen-bond acceptors (Lipinski definition) is 2. The molecule has 1 N–H and O–H groups in total. The second kappa shape index (κ2) is 5.26. The van der Waals surface area contributed by atoms with Gasteiger partial charge in [0.15, 0.2) is 0 Å². The minimum Gasteiger partial charge on any atom is -0.309 e. The van der Waals surface area contributed by atoms with Crippen molar-refractivity contribution in [3.05, 3.63) is 35.9 Å². The van der Waals surface area contributed by atoms with Crippen molar-refractivity contribution in [2.75, 3.05) is 19.6 Å². The van der Waals surface area contributed by atoms with Gasteiger partial charge in [-0.15, -0.1) is 0 Å². The standard InChI is InChI=1S/C17H26N2/c1-17(2)13-19(12-14-7-6-8-14)16(11-18-17)15-9-4-3-5-10-15/h3-5,9-10,14,16,18H,6-8,11-13H2,1-2H3. The Morgan fingerprint density at radius 2 is 1.95 bits per heavy atom. The number of piperazine rings is 1. The molecule has 2 aliphatic rings. The molecule has 1 aromatic rings. The number of nitrogens with zero attached hydrogens (tertiary/aromatic N) is 1. The van der Waals surface area contributed by atoms with Crippen LogP contribution in [0.25, 0.3) is 0 Å². The van der Waals surface area contributed by atoms with E-state index in [9.17, 15) is 0 Å². The van der Waals surface area contributed by atoms with Crippen LogP contribution < -0.4 is 5.32 Å². The van der Waals surface area contributed by atoms with Crippen LogP contribution in [0, 0.1) is 5.92 Å². The summed E-state index contributed by atoms with van der Waals surface area (Å²) < 4.78 is 0. The number of nitrogens with one attached hydrogen (secondary N) is 1. The van der Waals surface area contributed by atoms with Crippen LogP contribution in [0.1, 0.15) is 44.7 Å². The highest BCUT2D eigenvalue weighted by Gasteiger charge is 2.35. The summed E-state index contributed by atoms with van der Waals surface area (Å²) in [5.74, 6) is 0.945. The second-order valence-electron chi connectivity index (χ2n) is 6.92. The number of hydrogen-bond donors (Lipinski definition) is 1. The maximum atomic E-state index is 3.70. The van der Waals surface area contributed by atoms with Crippen LogP contribution in [-0.2, 0) is 0 Å². The van der Waals surface area contributed by atoms with Crippen molar-refractivity contribution in [1.29, 1.82) is 0 Å². The molecule has 0 bridgehead atoms. The van der Waals surface area contributed by atoms with Gasteiger partial charge in [0, 0.05) is 31.2 Å². The molecule has 2 heteroatoms. The van der Waals surface area contributed by atoms with Crippen molar-refractivity contribution in [2.45, 2.75) is 44.7 Å². The van der Waals surface area contributed by atoms with Gasteiger partial charge in [-0.2, -0.15) is 0 Å². The normalized spacial score (nSPS) is 28.0. The summed E-state index contributed by atoms with van der Waals surface area (Å²) in [6, 6.07) is 11.5. The van der Waals surface area contributed by atoms with Crippen LogP contribution in [0.2, 0.25) is 0 Å². The van der Waals surface area contributed by atoms with Crippen LogP contribution in [0.15, 0.2) is 30.3 Å². The van der Waals surface area contributed by atoms with Gasteiger partial charge in [0.25, 0.3) is 0 Å².